The van der Waals surface area contributed by atoms with Gasteiger partial charge in [0.2, 0.25) is 5.75 Å². The topological polar surface area (TPSA) is 87.7 Å². The third-order valence-corrected chi connectivity index (χ3v) is 1.86. The highest BCUT2D eigenvalue weighted by atomic mass is 16.4. The average molecular weight is 210 g/mol. The molecule has 1 aromatic heterocycles. The van der Waals surface area contributed by atoms with E-state index in [2.05, 4.69) is 4.42 Å². The smallest absolute Gasteiger partial charge is 0.378 e. The van der Waals surface area contributed by atoms with Gasteiger partial charge in [-0.15, -0.1) is 0 Å². The predicted octanol–water partition coefficient (Wildman–Crippen LogP) is 1.14. The highest BCUT2D eigenvalue weighted by molar-refractivity contribution is 5.91. The van der Waals surface area contributed by atoms with E-state index in [1.54, 1.807) is 0 Å². The molecule has 0 aromatic carbocycles. The normalized spacial score (nSPS) is 11.5. The lowest BCUT2D eigenvalue weighted by Gasteiger charge is -2.00. The fourth-order valence-corrected chi connectivity index (χ4v) is 0.996. The Labute approximate surface area is 85.3 Å². The SMILES string of the molecule is C/C(=C/c1cc(O)c(=O)oc1C)C(=O)O. The zero-order valence-corrected chi connectivity index (χ0v) is 8.27. The molecule has 1 aromatic rings. The standard InChI is InChI=1S/C10H10O5/c1-5(9(12)13)3-7-4-8(11)10(14)15-6(7)2/h3-4,11H,1-2H3,(H,12,13)/b5-3-. The number of hydrogen-bond acceptors (Lipinski definition) is 4. The molecular weight excluding hydrogens is 200 g/mol. The molecule has 80 valence electrons. The number of aliphatic carboxylic acids is 1. The Morgan fingerprint density at radius 2 is 2.13 bits per heavy atom. The number of rotatable bonds is 2. The highest BCUT2D eigenvalue weighted by Gasteiger charge is 2.07. The Hall–Kier alpha value is -2.04. The van der Waals surface area contributed by atoms with Gasteiger partial charge in [-0.1, -0.05) is 0 Å². The van der Waals surface area contributed by atoms with Gasteiger partial charge in [-0.3, -0.25) is 0 Å². The summed E-state index contributed by atoms with van der Waals surface area (Å²) >= 11 is 0. The number of carboxylic acid groups (broad SMARTS) is 1. The molecule has 0 unspecified atom stereocenters. The summed E-state index contributed by atoms with van der Waals surface area (Å²) in [6, 6.07) is 1.17. The molecule has 15 heavy (non-hydrogen) atoms. The Kier molecular flexibility index (Phi) is 2.94. The van der Waals surface area contributed by atoms with Crippen molar-refractivity contribution in [1.29, 1.82) is 0 Å². The van der Waals surface area contributed by atoms with Gasteiger partial charge in [0.1, 0.15) is 5.76 Å². The van der Waals surface area contributed by atoms with Crippen molar-refractivity contribution in [3.63, 3.8) is 0 Å². The van der Waals surface area contributed by atoms with E-state index in [0.29, 0.717) is 5.56 Å². The van der Waals surface area contributed by atoms with Gasteiger partial charge >= 0.3 is 11.6 Å². The van der Waals surface area contributed by atoms with Crippen LogP contribution in [0.25, 0.3) is 6.08 Å². The summed E-state index contributed by atoms with van der Waals surface area (Å²) in [5, 5.41) is 17.7. The second kappa shape index (κ2) is 4.00. The summed E-state index contributed by atoms with van der Waals surface area (Å²) < 4.78 is 4.68. The van der Waals surface area contributed by atoms with E-state index in [1.807, 2.05) is 0 Å². The molecule has 0 atom stereocenters. The molecule has 5 nitrogen and oxygen atoms in total. The summed E-state index contributed by atoms with van der Waals surface area (Å²) in [5.74, 6) is -1.34. The fraction of sp³-hybridized carbons (Fsp3) is 0.200. The van der Waals surface area contributed by atoms with Crippen molar-refractivity contribution < 1.29 is 19.4 Å². The van der Waals surface area contributed by atoms with Crippen LogP contribution in [0.1, 0.15) is 18.2 Å². The monoisotopic (exact) mass is 210 g/mol. The summed E-state index contributed by atoms with van der Waals surface area (Å²) in [6.07, 6.45) is 1.32. The van der Waals surface area contributed by atoms with Gasteiger partial charge in [-0.25, -0.2) is 9.59 Å². The first kappa shape index (κ1) is 11.0. The van der Waals surface area contributed by atoms with Crippen LogP contribution >= 0.6 is 0 Å². The van der Waals surface area contributed by atoms with E-state index in [4.69, 9.17) is 10.2 Å². The van der Waals surface area contributed by atoms with E-state index in [0.717, 1.165) is 0 Å². The Morgan fingerprint density at radius 1 is 1.53 bits per heavy atom. The van der Waals surface area contributed by atoms with Crippen molar-refractivity contribution in [2.75, 3.05) is 0 Å². The van der Waals surface area contributed by atoms with Crippen LogP contribution in [-0.2, 0) is 4.79 Å². The highest BCUT2D eigenvalue weighted by Crippen LogP contribution is 2.15. The largest absolute Gasteiger partial charge is 0.502 e. The quantitative estimate of drug-likeness (QED) is 0.714. The van der Waals surface area contributed by atoms with Crippen LogP contribution in [0.5, 0.6) is 5.75 Å². The van der Waals surface area contributed by atoms with Crippen molar-refractivity contribution in [2.45, 2.75) is 13.8 Å². The predicted molar refractivity (Wildman–Crippen MR) is 52.7 cm³/mol. The van der Waals surface area contributed by atoms with Crippen LogP contribution in [0.4, 0.5) is 0 Å². The van der Waals surface area contributed by atoms with Gasteiger partial charge < -0.3 is 14.6 Å². The lowest BCUT2D eigenvalue weighted by Crippen LogP contribution is -2.01. The van der Waals surface area contributed by atoms with Gasteiger partial charge in [0.15, 0.2) is 0 Å². The van der Waals surface area contributed by atoms with Crippen LogP contribution in [0.3, 0.4) is 0 Å². The van der Waals surface area contributed by atoms with Gasteiger partial charge in [0.05, 0.1) is 0 Å². The van der Waals surface area contributed by atoms with Crippen LogP contribution in [-0.4, -0.2) is 16.2 Å². The van der Waals surface area contributed by atoms with Crippen LogP contribution in [0, 0.1) is 6.92 Å². The zero-order valence-electron chi connectivity index (χ0n) is 8.27. The average Bonchev–Trinajstić information content (AvgIpc) is 2.13. The molecule has 5 heteroatoms. The number of carbonyl (C=O) groups is 1. The van der Waals surface area contributed by atoms with Crippen LogP contribution in [0.2, 0.25) is 0 Å². The second-order valence-corrected chi connectivity index (χ2v) is 3.06. The summed E-state index contributed by atoms with van der Waals surface area (Å²) in [7, 11) is 0. The van der Waals surface area contributed by atoms with Crippen molar-refractivity contribution in [3.8, 4) is 5.75 Å². The molecule has 1 rings (SSSR count). The van der Waals surface area contributed by atoms with Crippen molar-refractivity contribution in [3.05, 3.63) is 33.4 Å². The minimum absolute atomic E-state index is 0.0892. The Bertz CT molecular complexity index is 481. The minimum Gasteiger partial charge on any atom is -0.502 e. The molecule has 0 fully saturated rings. The molecule has 0 spiro atoms. The van der Waals surface area contributed by atoms with Gasteiger partial charge in [0, 0.05) is 11.1 Å². The molecule has 0 bridgehead atoms. The first-order chi connectivity index (χ1) is 6.91. The fourth-order valence-electron chi connectivity index (χ4n) is 0.996. The maximum atomic E-state index is 10.9. The maximum absolute atomic E-state index is 10.9. The number of carboxylic acids is 1. The van der Waals surface area contributed by atoms with E-state index in [9.17, 15) is 9.59 Å². The number of aromatic hydroxyl groups is 1. The van der Waals surface area contributed by atoms with Gasteiger partial charge in [-0.2, -0.15) is 0 Å². The third-order valence-electron chi connectivity index (χ3n) is 1.86. The third kappa shape index (κ3) is 2.46. The lowest BCUT2D eigenvalue weighted by molar-refractivity contribution is -0.132. The molecule has 0 aliphatic rings. The number of aryl methyl sites for hydroxylation is 1. The van der Waals surface area contributed by atoms with E-state index >= 15 is 0 Å². The van der Waals surface area contributed by atoms with Crippen LogP contribution in [0.15, 0.2) is 20.9 Å². The van der Waals surface area contributed by atoms with Crippen molar-refractivity contribution >= 4 is 12.0 Å². The van der Waals surface area contributed by atoms with E-state index in [-0.39, 0.29) is 11.3 Å². The summed E-state index contributed by atoms with van der Waals surface area (Å²) in [4.78, 5) is 21.4. The zero-order chi connectivity index (χ0) is 11.6. The van der Waals surface area contributed by atoms with Gasteiger partial charge in [0.25, 0.3) is 0 Å². The maximum Gasteiger partial charge on any atom is 0.378 e. The van der Waals surface area contributed by atoms with E-state index in [1.165, 1.54) is 26.0 Å². The molecule has 0 aliphatic carbocycles. The molecule has 0 saturated heterocycles. The molecular formula is C10H10O5. The molecule has 0 radical (unpaired) electrons. The molecule has 2 N–H and O–H groups in total. The van der Waals surface area contributed by atoms with Crippen molar-refractivity contribution in [1.82, 2.24) is 0 Å². The minimum atomic E-state index is -1.07. The van der Waals surface area contributed by atoms with Gasteiger partial charge in [-0.05, 0) is 26.0 Å². The molecule has 0 saturated carbocycles. The summed E-state index contributed by atoms with van der Waals surface area (Å²) in [6.45, 7) is 2.92. The first-order valence-electron chi connectivity index (χ1n) is 4.17. The van der Waals surface area contributed by atoms with E-state index < -0.39 is 17.3 Å². The Balaban J connectivity index is 3.28. The van der Waals surface area contributed by atoms with Crippen molar-refractivity contribution in [2.24, 2.45) is 0 Å². The van der Waals surface area contributed by atoms with Crippen LogP contribution < -0.4 is 5.63 Å². The molecule has 1 heterocycles. The second-order valence-electron chi connectivity index (χ2n) is 3.06. The summed E-state index contributed by atoms with van der Waals surface area (Å²) in [5.41, 5.74) is -0.379. The molecule has 0 aliphatic heterocycles. The lowest BCUT2D eigenvalue weighted by atomic mass is 10.1. The number of hydrogen-bond donors (Lipinski definition) is 2. The Morgan fingerprint density at radius 3 is 2.67 bits per heavy atom. The first-order valence-corrected chi connectivity index (χ1v) is 4.17. The molecule has 0 amide bonds.